The standard InChI is InChI=1S/C25H20ClN3O5S/c26-17-9-13(29-24-23-18(7-8-35-23)27-12-28-24)5-6-19(17)34-20-11-33-21-16(10-32-22(20)21)14-3-1-2-4-15(14)25(30)31/h1-9,12,16,20-22H,10-11H2,(H,30,31)(H,27,28,29)/t16-,20+,21-,22+/m1/s1. The van der Waals surface area contributed by atoms with E-state index in [1.54, 1.807) is 35.6 Å². The predicted octanol–water partition coefficient (Wildman–Crippen LogP) is 5.12. The third-order valence-electron chi connectivity index (χ3n) is 6.31. The number of nitrogens with one attached hydrogen (secondary N) is 1. The smallest absolute Gasteiger partial charge is 0.335 e. The summed E-state index contributed by atoms with van der Waals surface area (Å²) in [5.41, 5.74) is 2.64. The summed E-state index contributed by atoms with van der Waals surface area (Å²) in [5.74, 6) is 0.101. The van der Waals surface area contributed by atoms with Crippen LogP contribution in [-0.2, 0) is 9.47 Å². The molecule has 2 saturated heterocycles. The van der Waals surface area contributed by atoms with Crippen LogP contribution in [-0.4, -0.2) is 52.6 Å². The number of fused-ring (bicyclic) bond motifs is 2. The highest BCUT2D eigenvalue weighted by atomic mass is 35.5. The van der Waals surface area contributed by atoms with Crippen molar-refractivity contribution in [1.29, 1.82) is 0 Å². The van der Waals surface area contributed by atoms with Crippen LogP contribution in [0.25, 0.3) is 10.2 Å². The molecule has 8 nitrogen and oxygen atoms in total. The largest absolute Gasteiger partial charge is 0.484 e. The lowest BCUT2D eigenvalue weighted by Crippen LogP contribution is -2.33. The molecular weight excluding hydrogens is 490 g/mol. The van der Waals surface area contributed by atoms with Gasteiger partial charge in [-0.15, -0.1) is 11.3 Å². The number of thiophene rings is 1. The number of hydrogen-bond acceptors (Lipinski definition) is 8. The summed E-state index contributed by atoms with van der Waals surface area (Å²) in [6.07, 6.45) is 0.567. The van der Waals surface area contributed by atoms with Crippen molar-refractivity contribution in [1.82, 2.24) is 9.97 Å². The minimum atomic E-state index is -0.961. The zero-order valence-electron chi connectivity index (χ0n) is 18.3. The predicted molar refractivity (Wildman–Crippen MR) is 132 cm³/mol. The number of benzene rings is 2. The zero-order chi connectivity index (χ0) is 23.9. The third kappa shape index (κ3) is 4.10. The van der Waals surface area contributed by atoms with E-state index in [-0.39, 0.29) is 29.8 Å². The quantitative estimate of drug-likeness (QED) is 0.369. The van der Waals surface area contributed by atoms with Gasteiger partial charge in [-0.3, -0.25) is 0 Å². The maximum atomic E-state index is 11.7. The number of anilines is 2. The van der Waals surface area contributed by atoms with E-state index in [4.69, 9.17) is 25.8 Å². The Morgan fingerprint density at radius 3 is 2.83 bits per heavy atom. The maximum absolute atomic E-state index is 11.7. The molecule has 4 heterocycles. The van der Waals surface area contributed by atoms with Gasteiger partial charge < -0.3 is 24.6 Å². The molecule has 2 fully saturated rings. The molecule has 2 aliphatic rings. The number of nitrogens with zero attached hydrogens (tertiary/aromatic N) is 2. The van der Waals surface area contributed by atoms with Crippen molar-refractivity contribution in [3.8, 4) is 5.75 Å². The van der Waals surface area contributed by atoms with Gasteiger partial charge in [0, 0.05) is 11.6 Å². The highest BCUT2D eigenvalue weighted by molar-refractivity contribution is 7.17. The highest BCUT2D eigenvalue weighted by Gasteiger charge is 2.50. The number of ether oxygens (including phenoxy) is 3. The average molecular weight is 510 g/mol. The number of carbonyl (C=O) groups is 1. The second-order valence-corrected chi connectivity index (χ2v) is 9.70. The fraction of sp³-hybridized carbons (Fsp3) is 0.240. The first-order valence-corrected chi connectivity index (χ1v) is 12.3. The Morgan fingerprint density at radius 2 is 1.97 bits per heavy atom. The van der Waals surface area contributed by atoms with Crippen molar-refractivity contribution < 1.29 is 24.1 Å². The summed E-state index contributed by atoms with van der Waals surface area (Å²) in [5, 5.41) is 15.3. The van der Waals surface area contributed by atoms with E-state index in [1.165, 1.54) is 6.33 Å². The van der Waals surface area contributed by atoms with Gasteiger partial charge >= 0.3 is 5.97 Å². The molecule has 0 bridgehead atoms. The third-order valence-corrected chi connectivity index (χ3v) is 7.52. The number of halogens is 1. The van der Waals surface area contributed by atoms with Crippen molar-refractivity contribution in [3.05, 3.63) is 76.4 Å². The van der Waals surface area contributed by atoms with E-state index in [0.29, 0.717) is 35.4 Å². The molecule has 10 heteroatoms. The Hall–Kier alpha value is -3.24. The molecule has 6 rings (SSSR count). The topological polar surface area (TPSA) is 103 Å². The molecule has 0 saturated carbocycles. The van der Waals surface area contributed by atoms with Crippen LogP contribution in [0.1, 0.15) is 21.8 Å². The fourth-order valence-corrected chi connectivity index (χ4v) is 5.71. The van der Waals surface area contributed by atoms with Crippen molar-refractivity contribution in [2.45, 2.75) is 24.2 Å². The normalized spacial score (nSPS) is 23.3. The molecule has 0 amide bonds. The van der Waals surface area contributed by atoms with Gasteiger partial charge in [-0.2, -0.15) is 0 Å². The molecule has 2 aromatic heterocycles. The van der Waals surface area contributed by atoms with Crippen LogP contribution >= 0.6 is 22.9 Å². The van der Waals surface area contributed by atoms with Crippen molar-refractivity contribution in [2.24, 2.45) is 0 Å². The summed E-state index contributed by atoms with van der Waals surface area (Å²) in [6, 6.07) is 14.4. The number of carboxylic acids is 1. The van der Waals surface area contributed by atoms with Crippen LogP contribution in [0.3, 0.4) is 0 Å². The molecule has 0 unspecified atom stereocenters. The molecule has 0 radical (unpaired) electrons. The molecule has 4 aromatic rings. The Labute approximate surface area is 209 Å². The van der Waals surface area contributed by atoms with E-state index in [1.807, 2.05) is 29.6 Å². The van der Waals surface area contributed by atoms with Gasteiger partial charge in [0.15, 0.2) is 11.9 Å². The van der Waals surface area contributed by atoms with Crippen LogP contribution in [0.15, 0.2) is 60.2 Å². The molecule has 0 spiro atoms. The molecular formula is C25H20ClN3O5S. The number of carboxylic acid groups (broad SMARTS) is 1. The lowest BCUT2D eigenvalue weighted by atomic mass is 9.89. The highest BCUT2D eigenvalue weighted by Crippen LogP contribution is 2.41. The van der Waals surface area contributed by atoms with Gasteiger partial charge in [0.1, 0.15) is 18.2 Å². The second-order valence-electron chi connectivity index (χ2n) is 8.38. The second kappa shape index (κ2) is 9.09. The Kier molecular flexibility index (Phi) is 5.77. The van der Waals surface area contributed by atoms with Gasteiger partial charge in [-0.1, -0.05) is 29.8 Å². The first-order chi connectivity index (χ1) is 17.1. The monoisotopic (exact) mass is 509 g/mol. The van der Waals surface area contributed by atoms with Crippen molar-refractivity contribution >= 4 is 50.6 Å². The van der Waals surface area contributed by atoms with Gasteiger partial charge in [-0.25, -0.2) is 14.8 Å². The Bertz CT molecular complexity index is 1410. The zero-order valence-corrected chi connectivity index (χ0v) is 19.8. The van der Waals surface area contributed by atoms with Crippen LogP contribution in [0, 0.1) is 0 Å². The summed E-state index contributed by atoms with van der Waals surface area (Å²) in [7, 11) is 0. The average Bonchev–Trinajstić information content (AvgIpc) is 3.59. The summed E-state index contributed by atoms with van der Waals surface area (Å²) in [4.78, 5) is 20.3. The number of aromatic nitrogens is 2. The van der Waals surface area contributed by atoms with E-state index < -0.39 is 5.97 Å². The minimum Gasteiger partial charge on any atom is -0.484 e. The van der Waals surface area contributed by atoms with Crippen LogP contribution in [0.2, 0.25) is 5.02 Å². The van der Waals surface area contributed by atoms with Crippen LogP contribution < -0.4 is 10.1 Å². The molecule has 2 N–H and O–H groups in total. The van der Waals surface area contributed by atoms with Crippen LogP contribution in [0.5, 0.6) is 5.75 Å². The summed E-state index contributed by atoms with van der Waals surface area (Å²) < 4.78 is 19.2. The Morgan fingerprint density at radius 1 is 1.11 bits per heavy atom. The summed E-state index contributed by atoms with van der Waals surface area (Å²) >= 11 is 8.12. The molecule has 4 atom stereocenters. The summed E-state index contributed by atoms with van der Waals surface area (Å²) in [6.45, 7) is 0.695. The SMILES string of the molecule is O=C(O)c1ccccc1[C@H]1CO[C@@H]2[C@@H]1OC[C@@H]2Oc1ccc(Nc2ncnc3ccsc23)cc1Cl. The molecule has 2 aliphatic heterocycles. The Balaban J connectivity index is 1.17. The molecule has 35 heavy (non-hydrogen) atoms. The van der Waals surface area contributed by atoms with Crippen molar-refractivity contribution in [3.63, 3.8) is 0 Å². The van der Waals surface area contributed by atoms with Crippen LogP contribution in [0.4, 0.5) is 11.5 Å². The molecule has 0 aliphatic carbocycles. The van der Waals surface area contributed by atoms with E-state index in [0.717, 1.165) is 15.9 Å². The van der Waals surface area contributed by atoms with Gasteiger partial charge in [0.25, 0.3) is 0 Å². The lowest BCUT2D eigenvalue weighted by molar-refractivity contribution is 0.0305. The first-order valence-electron chi connectivity index (χ1n) is 11.1. The molecule has 178 valence electrons. The van der Waals surface area contributed by atoms with E-state index in [9.17, 15) is 9.90 Å². The van der Waals surface area contributed by atoms with Crippen molar-refractivity contribution in [2.75, 3.05) is 18.5 Å². The fourth-order valence-electron chi connectivity index (χ4n) is 4.70. The van der Waals surface area contributed by atoms with Gasteiger partial charge in [0.2, 0.25) is 0 Å². The number of hydrogen-bond donors (Lipinski definition) is 2. The lowest BCUT2D eigenvalue weighted by Gasteiger charge is -2.19. The van der Waals surface area contributed by atoms with E-state index >= 15 is 0 Å². The minimum absolute atomic E-state index is 0.176. The number of rotatable bonds is 6. The van der Waals surface area contributed by atoms with E-state index in [2.05, 4.69) is 15.3 Å². The maximum Gasteiger partial charge on any atom is 0.335 e. The van der Waals surface area contributed by atoms with Gasteiger partial charge in [-0.05, 0) is 41.3 Å². The first kappa shape index (κ1) is 22.2. The van der Waals surface area contributed by atoms with Gasteiger partial charge in [0.05, 0.1) is 40.1 Å². The number of aromatic carboxylic acids is 1. The molecule has 2 aromatic carbocycles.